The molecule has 0 nitrogen and oxygen atoms in total. The summed E-state index contributed by atoms with van der Waals surface area (Å²) in [5.74, 6) is 0. The van der Waals surface area contributed by atoms with E-state index in [0.717, 1.165) is 0 Å². The highest BCUT2D eigenvalue weighted by Crippen LogP contribution is 2.37. The molecule has 72 valence electrons. The molecule has 0 fully saturated rings. The van der Waals surface area contributed by atoms with E-state index in [-0.39, 0.29) is 0 Å². The average Bonchev–Trinajstić information content (AvgIpc) is 2.59. The first-order valence-corrected chi connectivity index (χ1v) is 6.18. The minimum atomic E-state index is 1.30. The maximum atomic E-state index is 2.29. The van der Waals surface area contributed by atoms with Crippen LogP contribution < -0.4 is 0 Å². The lowest BCUT2D eigenvalue weighted by atomic mass is 9.96. The Kier molecular flexibility index (Phi) is 1.88. The standard InChI is InChI=1S/C13H14S/c1-9-5-4-7-11-10-6-2-3-8-12(10)14-13(9)11/h4-5,7H,2-3,6,8H2,1H3. The molecule has 1 aliphatic carbocycles. The van der Waals surface area contributed by atoms with Crippen molar-refractivity contribution in [1.82, 2.24) is 0 Å². The van der Waals surface area contributed by atoms with E-state index in [0.29, 0.717) is 0 Å². The average molecular weight is 202 g/mol. The minimum absolute atomic E-state index is 1.30. The number of rotatable bonds is 0. The fourth-order valence-corrected chi connectivity index (χ4v) is 3.78. The lowest BCUT2D eigenvalue weighted by Crippen LogP contribution is -1.97. The normalized spacial score (nSPS) is 15.8. The Morgan fingerprint density at radius 1 is 1.14 bits per heavy atom. The summed E-state index contributed by atoms with van der Waals surface area (Å²) in [6.45, 7) is 2.23. The Morgan fingerprint density at radius 2 is 2.00 bits per heavy atom. The van der Waals surface area contributed by atoms with Crippen LogP contribution in [0.25, 0.3) is 10.1 Å². The number of benzene rings is 1. The van der Waals surface area contributed by atoms with E-state index < -0.39 is 0 Å². The number of hydrogen-bond acceptors (Lipinski definition) is 1. The topological polar surface area (TPSA) is 0 Å². The Balaban J connectivity index is 2.36. The van der Waals surface area contributed by atoms with E-state index in [1.807, 2.05) is 11.3 Å². The van der Waals surface area contributed by atoms with Crippen LogP contribution in [0.5, 0.6) is 0 Å². The van der Waals surface area contributed by atoms with Gasteiger partial charge in [0.25, 0.3) is 0 Å². The molecule has 14 heavy (non-hydrogen) atoms. The molecule has 0 radical (unpaired) electrons. The van der Waals surface area contributed by atoms with Crippen LogP contribution in [0.15, 0.2) is 18.2 Å². The molecule has 0 saturated heterocycles. The molecule has 0 spiro atoms. The van der Waals surface area contributed by atoms with Gasteiger partial charge in [0.2, 0.25) is 0 Å². The molecule has 3 rings (SSSR count). The third-order valence-corrected chi connectivity index (χ3v) is 4.62. The van der Waals surface area contributed by atoms with Crippen molar-refractivity contribution in [3.05, 3.63) is 34.2 Å². The Labute approximate surface area is 88.6 Å². The summed E-state index contributed by atoms with van der Waals surface area (Å²) in [5.41, 5.74) is 3.10. The van der Waals surface area contributed by atoms with E-state index in [1.165, 1.54) is 41.3 Å². The molecule has 0 amide bonds. The summed E-state index contributed by atoms with van der Waals surface area (Å²) in [6.07, 6.45) is 5.39. The maximum Gasteiger partial charge on any atom is 0.0377 e. The highest BCUT2D eigenvalue weighted by Gasteiger charge is 2.15. The van der Waals surface area contributed by atoms with Crippen molar-refractivity contribution in [3.63, 3.8) is 0 Å². The molecule has 0 unspecified atom stereocenters. The summed E-state index contributed by atoms with van der Waals surface area (Å²) in [5, 5.41) is 1.53. The fourth-order valence-electron chi connectivity index (χ4n) is 2.42. The Morgan fingerprint density at radius 3 is 2.93 bits per heavy atom. The van der Waals surface area contributed by atoms with Crippen LogP contribution in [0.4, 0.5) is 0 Å². The second kappa shape index (κ2) is 3.09. The number of hydrogen-bond donors (Lipinski definition) is 0. The Bertz CT molecular complexity index is 479. The number of fused-ring (bicyclic) bond motifs is 3. The minimum Gasteiger partial charge on any atom is -0.140 e. The van der Waals surface area contributed by atoms with Crippen molar-refractivity contribution in [3.8, 4) is 0 Å². The molecule has 2 aromatic rings. The number of aryl methyl sites for hydroxylation is 3. The third kappa shape index (κ3) is 1.12. The zero-order valence-corrected chi connectivity index (χ0v) is 9.29. The van der Waals surface area contributed by atoms with Gasteiger partial charge in [0.15, 0.2) is 0 Å². The second-order valence-corrected chi connectivity index (χ2v) is 5.27. The van der Waals surface area contributed by atoms with E-state index in [2.05, 4.69) is 25.1 Å². The molecule has 1 aromatic carbocycles. The summed E-state index contributed by atoms with van der Waals surface area (Å²) < 4.78 is 1.53. The second-order valence-electron chi connectivity index (χ2n) is 4.16. The smallest absolute Gasteiger partial charge is 0.0377 e. The van der Waals surface area contributed by atoms with Gasteiger partial charge in [0.05, 0.1) is 0 Å². The van der Waals surface area contributed by atoms with E-state index in [4.69, 9.17) is 0 Å². The Hall–Kier alpha value is -0.820. The molecule has 0 N–H and O–H groups in total. The van der Waals surface area contributed by atoms with Gasteiger partial charge in [-0.2, -0.15) is 0 Å². The highest BCUT2D eigenvalue weighted by molar-refractivity contribution is 7.19. The molecule has 0 saturated carbocycles. The zero-order chi connectivity index (χ0) is 9.54. The first kappa shape index (κ1) is 8.49. The van der Waals surface area contributed by atoms with Gasteiger partial charge in [0, 0.05) is 9.58 Å². The van der Waals surface area contributed by atoms with Crippen LogP contribution in [0.2, 0.25) is 0 Å². The maximum absolute atomic E-state index is 2.29. The summed E-state index contributed by atoms with van der Waals surface area (Å²) in [4.78, 5) is 1.65. The van der Waals surface area contributed by atoms with Gasteiger partial charge in [-0.05, 0) is 49.1 Å². The summed E-state index contributed by atoms with van der Waals surface area (Å²) >= 11 is 2.03. The van der Waals surface area contributed by atoms with Crippen molar-refractivity contribution in [2.24, 2.45) is 0 Å². The highest BCUT2D eigenvalue weighted by atomic mass is 32.1. The largest absolute Gasteiger partial charge is 0.140 e. The van der Waals surface area contributed by atoms with Crippen LogP contribution in [0, 0.1) is 6.92 Å². The van der Waals surface area contributed by atoms with E-state index >= 15 is 0 Å². The molecular weight excluding hydrogens is 188 g/mol. The van der Waals surface area contributed by atoms with Gasteiger partial charge in [0.1, 0.15) is 0 Å². The monoisotopic (exact) mass is 202 g/mol. The molecule has 1 heterocycles. The van der Waals surface area contributed by atoms with Crippen LogP contribution >= 0.6 is 11.3 Å². The summed E-state index contributed by atoms with van der Waals surface area (Å²) in [7, 11) is 0. The van der Waals surface area contributed by atoms with E-state index in [1.54, 1.807) is 10.4 Å². The molecule has 1 aliphatic rings. The molecule has 0 bridgehead atoms. The lowest BCUT2D eigenvalue weighted by molar-refractivity contribution is 0.700. The first-order chi connectivity index (χ1) is 6.86. The van der Waals surface area contributed by atoms with Crippen molar-refractivity contribution < 1.29 is 0 Å². The van der Waals surface area contributed by atoms with Crippen molar-refractivity contribution >= 4 is 21.4 Å². The number of thiophene rings is 1. The van der Waals surface area contributed by atoms with Crippen LogP contribution in [-0.4, -0.2) is 0 Å². The van der Waals surface area contributed by atoms with Crippen LogP contribution in [0.1, 0.15) is 28.8 Å². The zero-order valence-electron chi connectivity index (χ0n) is 8.47. The van der Waals surface area contributed by atoms with Crippen molar-refractivity contribution in [2.75, 3.05) is 0 Å². The molecule has 1 heteroatoms. The lowest BCUT2D eigenvalue weighted by Gasteiger charge is -2.09. The first-order valence-electron chi connectivity index (χ1n) is 5.36. The molecule has 1 aromatic heterocycles. The van der Waals surface area contributed by atoms with Crippen LogP contribution in [0.3, 0.4) is 0 Å². The predicted molar refractivity (Wildman–Crippen MR) is 63.2 cm³/mol. The third-order valence-electron chi connectivity index (χ3n) is 3.18. The quantitative estimate of drug-likeness (QED) is 0.603. The van der Waals surface area contributed by atoms with Gasteiger partial charge >= 0.3 is 0 Å². The summed E-state index contributed by atoms with van der Waals surface area (Å²) in [6, 6.07) is 6.71. The van der Waals surface area contributed by atoms with Gasteiger partial charge in [-0.3, -0.25) is 0 Å². The SMILES string of the molecule is Cc1cccc2c3c(sc12)CCCC3. The van der Waals surface area contributed by atoms with Crippen LogP contribution in [-0.2, 0) is 12.8 Å². The van der Waals surface area contributed by atoms with Gasteiger partial charge < -0.3 is 0 Å². The fraction of sp³-hybridized carbons (Fsp3) is 0.385. The molecule has 0 atom stereocenters. The molecular formula is C13H14S. The van der Waals surface area contributed by atoms with Crippen molar-refractivity contribution in [1.29, 1.82) is 0 Å². The van der Waals surface area contributed by atoms with Gasteiger partial charge in [-0.25, -0.2) is 0 Å². The van der Waals surface area contributed by atoms with E-state index in [9.17, 15) is 0 Å². The van der Waals surface area contributed by atoms with Gasteiger partial charge in [-0.1, -0.05) is 18.2 Å². The molecule has 0 aliphatic heterocycles. The van der Waals surface area contributed by atoms with Crippen molar-refractivity contribution in [2.45, 2.75) is 32.6 Å². The predicted octanol–water partition coefficient (Wildman–Crippen LogP) is 4.09. The van der Waals surface area contributed by atoms with Gasteiger partial charge in [-0.15, -0.1) is 11.3 Å².